The Kier molecular flexibility index (Phi) is 3.82. The number of hydrogen-bond acceptors (Lipinski definition) is 4. The predicted octanol–water partition coefficient (Wildman–Crippen LogP) is 1.21. The van der Waals surface area contributed by atoms with Crippen LogP contribution in [0.5, 0.6) is 0 Å². The first kappa shape index (κ1) is 12.1. The van der Waals surface area contributed by atoms with Crippen LogP contribution < -0.4 is 5.32 Å². The van der Waals surface area contributed by atoms with Gasteiger partial charge in [-0.15, -0.1) is 11.3 Å². The third kappa shape index (κ3) is 3.28. The maximum Gasteiger partial charge on any atom is 0.263 e. The standard InChI is InChI=1S/C10H16N2O2S/c1-4-8-11-5-7(15-8)9(14)12-10(2,3)6-13/h5,13H,4,6H2,1-3H3,(H,12,14). The van der Waals surface area contributed by atoms with Crippen molar-refractivity contribution in [3.05, 3.63) is 16.1 Å². The average Bonchev–Trinajstić information content (AvgIpc) is 2.65. The van der Waals surface area contributed by atoms with Gasteiger partial charge >= 0.3 is 0 Å². The van der Waals surface area contributed by atoms with Crippen molar-refractivity contribution in [2.75, 3.05) is 6.61 Å². The van der Waals surface area contributed by atoms with Crippen molar-refractivity contribution >= 4 is 17.2 Å². The predicted molar refractivity (Wildman–Crippen MR) is 60.1 cm³/mol. The molecule has 1 rings (SSSR count). The van der Waals surface area contributed by atoms with E-state index >= 15 is 0 Å². The SMILES string of the molecule is CCc1ncc(C(=O)NC(C)(C)CO)s1. The Bertz CT molecular complexity index is 347. The van der Waals surface area contributed by atoms with Crippen LogP contribution >= 0.6 is 11.3 Å². The Balaban J connectivity index is 2.69. The molecule has 0 unspecified atom stereocenters. The monoisotopic (exact) mass is 228 g/mol. The van der Waals surface area contributed by atoms with E-state index in [0.717, 1.165) is 11.4 Å². The van der Waals surface area contributed by atoms with E-state index in [1.54, 1.807) is 20.0 Å². The lowest BCUT2D eigenvalue weighted by Crippen LogP contribution is -2.46. The summed E-state index contributed by atoms with van der Waals surface area (Å²) in [7, 11) is 0. The molecule has 0 fully saturated rings. The summed E-state index contributed by atoms with van der Waals surface area (Å²) in [5.74, 6) is -0.175. The summed E-state index contributed by atoms with van der Waals surface area (Å²) in [5, 5.41) is 12.7. The number of rotatable bonds is 4. The Morgan fingerprint density at radius 3 is 2.80 bits per heavy atom. The molecule has 0 spiro atoms. The van der Waals surface area contributed by atoms with Gasteiger partial charge in [0.1, 0.15) is 4.88 Å². The van der Waals surface area contributed by atoms with Crippen LogP contribution in [0.15, 0.2) is 6.20 Å². The molecule has 0 aromatic carbocycles. The summed E-state index contributed by atoms with van der Waals surface area (Å²) in [6.45, 7) is 5.45. The van der Waals surface area contributed by atoms with Crippen molar-refractivity contribution in [1.82, 2.24) is 10.3 Å². The lowest BCUT2D eigenvalue weighted by Gasteiger charge is -2.22. The van der Waals surface area contributed by atoms with Gasteiger partial charge in [0.15, 0.2) is 0 Å². The Labute approximate surface area is 93.4 Å². The van der Waals surface area contributed by atoms with Gasteiger partial charge in [-0.25, -0.2) is 4.98 Å². The summed E-state index contributed by atoms with van der Waals surface area (Å²) in [4.78, 5) is 16.4. The zero-order chi connectivity index (χ0) is 11.5. The lowest BCUT2D eigenvalue weighted by atomic mass is 10.1. The van der Waals surface area contributed by atoms with Crippen LogP contribution in [0.1, 0.15) is 35.5 Å². The highest BCUT2D eigenvalue weighted by Gasteiger charge is 2.21. The van der Waals surface area contributed by atoms with E-state index in [1.807, 2.05) is 6.92 Å². The second-order valence-corrected chi connectivity index (χ2v) is 5.08. The van der Waals surface area contributed by atoms with Crippen LogP contribution in [-0.2, 0) is 6.42 Å². The van der Waals surface area contributed by atoms with E-state index in [9.17, 15) is 4.79 Å². The molecule has 0 saturated carbocycles. The number of carbonyl (C=O) groups is 1. The number of nitrogens with one attached hydrogen (secondary N) is 1. The fraction of sp³-hybridized carbons (Fsp3) is 0.600. The molecule has 0 saturated heterocycles. The van der Waals surface area contributed by atoms with E-state index in [4.69, 9.17) is 5.11 Å². The Morgan fingerprint density at radius 1 is 1.67 bits per heavy atom. The topological polar surface area (TPSA) is 62.2 Å². The van der Waals surface area contributed by atoms with Gasteiger partial charge in [0, 0.05) is 0 Å². The highest BCUT2D eigenvalue weighted by Crippen LogP contribution is 2.14. The van der Waals surface area contributed by atoms with E-state index in [1.165, 1.54) is 11.3 Å². The molecule has 2 N–H and O–H groups in total. The molecule has 4 nitrogen and oxygen atoms in total. The van der Waals surface area contributed by atoms with Crippen LogP contribution in [0.4, 0.5) is 0 Å². The van der Waals surface area contributed by atoms with E-state index in [-0.39, 0.29) is 12.5 Å². The first-order chi connectivity index (χ1) is 6.98. The lowest BCUT2D eigenvalue weighted by molar-refractivity contribution is 0.0873. The average molecular weight is 228 g/mol. The minimum absolute atomic E-state index is 0.0851. The van der Waals surface area contributed by atoms with Crippen molar-refractivity contribution in [2.24, 2.45) is 0 Å². The number of thiazole rings is 1. The van der Waals surface area contributed by atoms with Gasteiger partial charge in [-0.05, 0) is 20.3 Å². The molecule has 0 atom stereocenters. The highest BCUT2D eigenvalue weighted by molar-refractivity contribution is 7.13. The molecule has 0 bridgehead atoms. The molecular weight excluding hydrogens is 212 g/mol. The summed E-state index contributed by atoms with van der Waals surface area (Å²) < 4.78 is 0. The molecule has 0 radical (unpaired) electrons. The molecule has 1 aromatic heterocycles. The van der Waals surface area contributed by atoms with Crippen molar-refractivity contribution in [3.63, 3.8) is 0 Å². The van der Waals surface area contributed by atoms with E-state index < -0.39 is 5.54 Å². The van der Waals surface area contributed by atoms with Crippen molar-refractivity contribution in [2.45, 2.75) is 32.7 Å². The van der Waals surface area contributed by atoms with Crippen molar-refractivity contribution in [1.29, 1.82) is 0 Å². The maximum atomic E-state index is 11.7. The van der Waals surface area contributed by atoms with Gasteiger partial charge in [0.2, 0.25) is 0 Å². The third-order valence-electron chi connectivity index (χ3n) is 1.93. The fourth-order valence-electron chi connectivity index (χ4n) is 0.987. The number of nitrogens with zero attached hydrogens (tertiary/aromatic N) is 1. The largest absolute Gasteiger partial charge is 0.394 e. The number of hydrogen-bond donors (Lipinski definition) is 2. The zero-order valence-electron chi connectivity index (χ0n) is 9.20. The molecule has 0 aliphatic rings. The smallest absolute Gasteiger partial charge is 0.263 e. The number of aliphatic hydroxyl groups excluding tert-OH is 1. The first-order valence-electron chi connectivity index (χ1n) is 4.86. The van der Waals surface area contributed by atoms with Crippen LogP contribution in [0.2, 0.25) is 0 Å². The van der Waals surface area contributed by atoms with Crippen LogP contribution in [-0.4, -0.2) is 28.1 Å². The Morgan fingerprint density at radius 2 is 2.33 bits per heavy atom. The van der Waals surface area contributed by atoms with Crippen LogP contribution in [0, 0.1) is 0 Å². The van der Waals surface area contributed by atoms with Gasteiger partial charge < -0.3 is 10.4 Å². The molecule has 5 heteroatoms. The zero-order valence-corrected chi connectivity index (χ0v) is 10.0. The number of amides is 1. The third-order valence-corrected chi connectivity index (χ3v) is 3.07. The normalized spacial score (nSPS) is 11.5. The quantitative estimate of drug-likeness (QED) is 0.814. The number of aliphatic hydroxyl groups is 1. The van der Waals surface area contributed by atoms with Gasteiger partial charge in [0.25, 0.3) is 5.91 Å². The Hall–Kier alpha value is -0.940. The molecule has 1 amide bonds. The molecule has 84 valence electrons. The number of aryl methyl sites for hydroxylation is 1. The van der Waals surface area contributed by atoms with Crippen molar-refractivity contribution in [3.8, 4) is 0 Å². The molecule has 1 heterocycles. The van der Waals surface area contributed by atoms with Gasteiger partial charge in [-0.1, -0.05) is 6.92 Å². The van der Waals surface area contributed by atoms with Crippen LogP contribution in [0.3, 0.4) is 0 Å². The number of carbonyl (C=O) groups excluding carboxylic acids is 1. The minimum Gasteiger partial charge on any atom is -0.394 e. The summed E-state index contributed by atoms with van der Waals surface area (Å²) in [6, 6.07) is 0. The summed E-state index contributed by atoms with van der Waals surface area (Å²) in [6.07, 6.45) is 2.41. The molecule has 1 aromatic rings. The fourth-order valence-corrected chi connectivity index (χ4v) is 1.74. The minimum atomic E-state index is -0.590. The molecule has 0 aliphatic carbocycles. The second-order valence-electron chi connectivity index (χ2n) is 3.97. The summed E-state index contributed by atoms with van der Waals surface area (Å²) in [5.41, 5.74) is -0.590. The van der Waals surface area contributed by atoms with E-state index in [2.05, 4.69) is 10.3 Å². The van der Waals surface area contributed by atoms with Gasteiger partial charge in [0.05, 0.1) is 23.4 Å². The van der Waals surface area contributed by atoms with Gasteiger partial charge in [-0.2, -0.15) is 0 Å². The second kappa shape index (κ2) is 4.72. The highest BCUT2D eigenvalue weighted by atomic mass is 32.1. The van der Waals surface area contributed by atoms with Crippen molar-refractivity contribution < 1.29 is 9.90 Å². The molecule has 0 aliphatic heterocycles. The first-order valence-corrected chi connectivity index (χ1v) is 5.68. The van der Waals surface area contributed by atoms with Gasteiger partial charge in [-0.3, -0.25) is 4.79 Å². The maximum absolute atomic E-state index is 11.7. The number of aromatic nitrogens is 1. The molecular formula is C10H16N2O2S. The molecule has 15 heavy (non-hydrogen) atoms. The van der Waals surface area contributed by atoms with E-state index in [0.29, 0.717) is 4.88 Å². The summed E-state index contributed by atoms with van der Waals surface area (Å²) >= 11 is 1.39. The van der Waals surface area contributed by atoms with Crippen LogP contribution in [0.25, 0.3) is 0 Å².